The Morgan fingerprint density at radius 3 is 2.64 bits per heavy atom. The molecule has 0 saturated heterocycles. The summed E-state index contributed by atoms with van der Waals surface area (Å²) in [6.07, 6.45) is 1.40. The Hall–Kier alpha value is -0.540. The smallest absolute Gasteiger partial charge is 0.147 e. The molecule has 0 bridgehead atoms. The van der Waals surface area contributed by atoms with Gasteiger partial charge in [-0.05, 0) is 13.8 Å². The van der Waals surface area contributed by atoms with Gasteiger partial charge in [0.25, 0.3) is 0 Å². The lowest BCUT2D eigenvalue weighted by Crippen LogP contribution is -2.22. The molecule has 0 aliphatic carbocycles. The number of ether oxygens (including phenoxy) is 1. The molecule has 0 saturated carbocycles. The minimum atomic E-state index is -1.38. The van der Waals surface area contributed by atoms with Crippen LogP contribution in [0.4, 0.5) is 4.39 Å². The van der Waals surface area contributed by atoms with Crippen molar-refractivity contribution in [3.63, 3.8) is 0 Å². The van der Waals surface area contributed by atoms with E-state index in [1.54, 1.807) is 0 Å². The van der Waals surface area contributed by atoms with Crippen LogP contribution in [0.1, 0.15) is 13.8 Å². The third-order valence-electron chi connectivity index (χ3n) is 1.35. The predicted octanol–water partition coefficient (Wildman–Crippen LogP) is 3.52. The lowest BCUT2D eigenvalue weighted by molar-refractivity contribution is 0.120. The number of nitrogens with zero attached hydrogens (tertiary/aromatic N) is 1. The van der Waals surface area contributed by atoms with E-state index in [4.69, 9.17) is 27.9 Å². The molecule has 0 aliphatic rings. The van der Waals surface area contributed by atoms with Crippen LogP contribution in [0.3, 0.4) is 0 Å². The van der Waals surface area contributed by atoms with E-state index in [2.05, 4.69) is 4.98 Å². The largest absolute Gasteiger partial charge is 0.489 e. The van der Waals surface area contributed by atoms with Crippen molar-refractivity contribution >= 4 is 23.2 Å². The summed E-state index contributed by atoms with van der Waals surface area (Å²) in [5.74, 6) is 0.408. The molecule has 0 spiro atoms. The molecule has 0 aromatic carbocycles. The second-order valence-corrected chi connectivity index (χ2v) is 4.22. The summed E-state index contributed by atoms with van der Waals surface area (Å²) in [5, 5.41) is 0.499. The van der Waals surface area contributed by atoms with Gasteiger partial charge < -0.3 is 4.74 Å². The van der Waals surface area contributed by atoms with Gasteiger partial charge in [0.05, 0.1) is 11.2 Å². The molecule has 1 rings (SSSR count). The van der Waals surface area contributed by atoms with Gasteiger partial charge >= 0.3 is 0 Å². The van der Waals surface area contributed by atoms with E-state index < -0.39 is 5.67 Å². The minimum Gasteiger partial charge on any atom is -0.489 e. The third kappa shape index (κ3) is 3.68. The summed E-state index contributed by atoms with van der Waals surface area (Å²) >= 11 is 11.3. The highest BCUT2D eigenvalue weighted by molar-refractivity contribution is 6.41. The van der Waals surface area contributed by atoms with Gasteiger partial charge in [-0.25, -0.2) is 9.37 Å². The molecule has 78 valence electrons. The van der Waals surface area contributed by atoms with Crippen LogP contribution >= 0.6 is 23.2 Å². The number of aromatic nitrogens is 1. The van der Waals surface area contributed by atoms with Crippen molar-refractivity contribution in [2.75, 3.05) is 6.61 Å². The van der Waals surface area contributed by atoms with E-state index in [-0.39, 0.29) is 11.8 Å². The molecule has 0 unspecified atom stereocenters. The van der Waals surface area contributed by atoms with Gasteiger partial charge in [0, 0.05) is 6.07 Å². The number of hydrogen-bond acceptors (Lipinski definition) is 2. The highest BCUT2D eigenvalue weighted by atomic mass is 35.5. The molecule has 1 aromatic rings. The zero-order valence-corrected chi connectivity index (χ0v) is 9.36. The first-order valence-corrected chi connectivity index (χ1v) is 4.77. The van der Waals surface area contributed by atoms with Crippen LogP contribution in [-0.2, 0) is 0 Å². The average Bonchev–Trinajstić information content (AvgIpc) is 2.06. The average molecular weight is 238 g/mol. The van der Waals surface area contributed by atoms with Crippen LogP contribution < -0.4 is 4.74 Å². The quantitative estimate of drug-likeness (QED) is 0.751. The lowest BCUT2D eigenvalue weighted by atomic mass is 10.2. The Balaban J connectivity index is 2.65. The Labute approximate surface area is 92.0 Å². The molecule has 1 heterocycles. The molecule has 1 aromatic heterocycles. The van der Waals surface area contributed by atoms with Crippen LogP contribution in [-0.4, -0.2) is 17.3 Å². The molecular weight excluding hydrogens is 228 g/mol. The van der Waals surface area contributed by atoms with Crippen molar-refractivity contribution in [3.8, 4) is 5.75 Å². The summed E-state index contributed by atoms with van der Waals surface area (Å²) in [5.41, 5.74) is -1.38. The molecule has 0 atom stereocenters. The summed E-state index contributed by atoms with van der Waals surface area (Å²) in [6.45, 7) is 2.81. The van der Waals surface area contributed by atoms with E-state index in [1.165, 1.54) is 26.1 Å². The van der Waals surface area contributed by atoms with Gasteiger partial charge in [-0.1, -0.05) is 23.2 Å². The number of pyridine rings is 1. The second kappa shape index (κ2) is 4.32. The van der Waals surface area contributed by atoms with Crippen LogP contribution in [0.15, 0.2) is 12.3 Å². The van der Waals surface area contributed by atoms with Gasteiger partial charge in [0.2, 0.25) is 0 Å². The maximum atomic E-state index is 13.0. The fourth-order valence-electron chi connectivity index (χ4n) is 0.738. The van der Waals surface area contributed by atoms with E-state index in [1.807, 2.05) is 0 Å². The van der Waals surface area contributed by atoms with Crippen LogP contribution in [0, 0.1) is 0 Å². The topological polar surface area (TPSA) is 22.1 Å². The van der Waals surface area contributed by atoms with Crippen LogP contribution in [0.5, 0.6) is 5.75 Å². The first kappa shape index (κ1) is 11.5. The van der Waals surface area contributed by atoms with E-state index in [9.17, 15) is 4.39 Å². The molecule has 0 fully saturated rings. The number of rotatable bonds is 3. The normalized spacial score (nSPS) is 11.5. The van der Waals surface area contributed by atoms with E-state index in [0.29, 0.717) is 10.8 Å². The standard InChI is InChI=1S/C9H10Cl2FNO/c1-9(2,12)5-14-6-3-7(10)8(11)13-4-6/h3-4H,5H2,1-2H3. The van der Waals surface area contributed by atoms with Crippen molar-refractivity contribution in [2.45, 2.75) is 19.5 Å². The molecule has 0 aliphatic heterocycles. The second-order valence-electron chi connectivity index (χ2n) is 3.45. The summed E-state index contributed by atoms with van der Waals surface area (Å²) in [7, 11) is 0. The molecule has 2 nitrogen and oxygen atoms in total. The fourth-order valence-corrected chi connectivity index (χ4v) is 0.997. The maximum absolute atomic E-state index is 13.0. The minimum absolute atomic E-state index is 0.0490. The Kier molecular flexibility index (Phi) is 3.56. The zero-order valence-electron chi connectivity index (χ0n) is 7.85. The lowest BCUT2D eigenvalue weighted by Gasteiger charge is -2.14. The van der Waals surface area contributed by atoms with Gasteiger partial charge in [-0.3, -0.25) is 0 Å². The Morgan fingerprint density at radius 1 is 1.50 bits per heavy atom. The van der Waals surface area contributed by atoms with Crippen molar-refractivity contribution in [1.29, 1.82) is 0 Å². The van der Waals surface area contributed by atoms with E-state index >= 15 is 0 Å². The van der Waals surface area contributed by atoms with Crippen molar-refractivity contribution in [3.05, 3.63) is 22.4 Å². The zero-order chi connectivity index (χ0) is 10.8. The number of halogens is 3. The van der Waals surface area contributed by atoms with Crippen molar-refractivity contribution in [2.24, 2.45) is 0 Å². The first-order valence-electron chi connectivity index (χ1n) is 4.01. The molecule has 14 heavy (non-hydrogen) atoms. The molecule has 0 N–H and O–H groups in total. The van der Waals surface area contributed by atoms with Gasteiger partial charge in [-0.2, -0.15) is 0 Å². The monoisotopic (exact) mass is 237 g/mol. The fraction of sp³-hybridized carbons (Fsp3) is 0.444. The van der Waals surface area contributed by atoms with Crippen LogP contribution in [0.25, 0.3) is 0 Å². The Bertz CT molecular complexity index is 325. The molecule has 0 radical (unpaired) electrons. The highest BCUT2D eigenvalue weighted by Gasteiger charge is 2.16. The SMILES string of the molecule is CC(C)(F)COc1cnc(Cl)c(Cl)c1. The van der Waals surface area contributed by atoms with Crippen molar-refractivity contribution in [1.82, 2.24) is 4.98 Å². The van der Waals surface area contributed by atoms with Crippen LogP contribution in [0.2, 0.25) is 10.2 Å². The molecular formula is C9H10Cl2FNO. The molecule has 5 heteroatoms. The predicted molar refractivity (Wildman–Crippen MR) is 54.9 cm³/mol. The summed E-state index contributed by atoms with van der Waals surface area (Å²) in [4.78, 5) is 3.77. The van der Waals surface area contributed by atoms with Crippen molar-refractivity contribution < 1.29 is 9.13 Å². The Morgan fingerprint density at radius 2 is 2.14 bits per heavy atom. The first-order chi connectivity index (χ1) is 6.38. The maximum Gasteiger partial charge on any atom is 0.147 e. The summed E-state index contributed by atoms with van der Waals surface area (Å²) < 4.78 is 18.2. The van der Waals surface area contributed by atoms with E-state index in [0.717, 1.165) is 0 Å². The van der Waals surface area contributed by atoms with Gasteiger partial charge in [-0.15, -0.1) is 0 Å². The molecule has 0 amide bonds. The third-order valence-corrected chi connectivity index (χ3v) is 2.04. The van der Waals surface area contributed by atoms with Gasteiger partial charge in [0.1, 0.15) is 23.2 Å². The number of hydrogen-bond donors (Lipinski definition) is 0. The number of alkyl halides is 1. The summed E-state index contributed by atoms with van der Waals surface area (Å²) in [6, 6.07) is 1.50. The van der Waals surface area contributed by atoms with Gasteiger partial charge in [0.15, 0.2) is 0 Å². The highest BCUT2D eigenvalue weighted by Crippen LogP contribution is 2.24.